The molecule has 1 amide bonds. The number of nitrogens with one attached hydrogen (secondary N) is 2. The Bertz CT molecular complexity index is 438. The predicted molar refractivity (Wildman–Crippen MR) is 82.9 cm³/mol. The van der Waals surface area contributed by atoms with Crippen molar-refractivity contribution in [2.75, 3.05) is 18.5 Å². The van der Waals surface area contributed by atoms with Crippen molar-refractivity contribution in [2.24, 2.45) is 0 Å². The van der Waals surface area contributed by atoms with Crippen molar-refractivity contribution in [1.82, 2.24) is 5.32 Å². The van der Waals surface area contributed by atoms with Crippen molar-refractivity contribution in [2.45, 2.75) is 46.3 Å². The summed E-state index contributed by atoms with van der Waals surface area (Å²) in [5.41, 5.74) is 1.65. The van der Waals surface area contributed by atoms with Gasteiger partial charge in [-0.1, -0.05) is 19.1 Å². The molecule has 2 N–H and O–H groups in total. The number of hydrogen-bond donors (Lipinski definition) is 2. The molecule has 0 bridgehead atoms. The normalized spacial score (nSPS) is 13.1. The monoisotopic (exact) mass is 278 g/mol. The molecule has 0 aliphatic heterocycles. The molecule has 4 nitrogen and oxygen atoms in total. The number of amides is 1. The molecule has 0 saturated heterocycles. The zero-order chi connectivity index (χ0) is 15.2. The van der Waals surface area contributed by atoms with E-state index in [-0.39, 0.29) is 24.2 Å². The highest BCUT2D eigenvalue weighted by Crippen LogP contribution is 2.17. The number of carbonyl (C=O) groups excluding carboxylic acids is 1. The minimum Gasteiger partial charge on any atom is -0.366 e. The van der Waals surface area contributed by atoms with Crippen LogP contribution in [0.5, 0.6) is 0 Å². The Morgan fingerprint density at radius 3 is 2.65 bits per heavy atom. The molecule has 0 fully saturated rings. The van der Waals surface area contributed by atoms with E-state index >= 15 is 0 Å². The summed E-state index contributed by atoms with van der Waals surface area (Å²) in [6.07, 6.45) is 0. The van der Waals surface area contributed by atoms with Crippen LogP contribution < -0.4 is 10.6 Å². The van der Waals surface area contributed by atoms with Crippen LogP contribution in [0.25, 0.3) is 0 Å². The summed E-state index contributed by atoms with van der Waals surface area (Å²) in [5.74, 6) is -0.131. The standard InChI is InChI=1S/C16H26N2O2/c1-6-17-12(2)13-8-7-9-14(10-13)18-15(19)11-20-16(3,4)5/h7-10,12,17H,6,11H2,1-5H3,(H,18,19). The molecule has 1 aromatic rings. The SMILES string of the molecule is CCNC(C)c1cccc(NC(=O)COC(C)(C)C)c1. The topological polar surface area (TPSA) is 50.4 Å². The highest BCUT2D eigenvalue weighted by Gasteiger charge is 2.13. The molecule has 0 aromatic heterocycles. The van der Waals surface area contributed by atoms with Gasteiger partial charge in [0.05, 0.1) is 5.60 Å². The molecule has 0 spiro atoms. The van der Waals surface area contributed by atoms with Gasteiger partial charge in [-0.05, 0) is 51.9 Å². The van der Waals surface area contributed by atoms with E-state index in [1.165, 1.54) is 0 Å². The van der Waals surface area contributed by atoms with Crippen LogP contribution in [0.3, 0.4) is 0 Å². The third-order valence-electron chi connectivity index (χ3n) is 2.82. The minimum absolute atomic E-state index is 0.0660. The Morgan fingerprint density at radius 1 is 1.35 bits per heavy atom. The average molecular weight is 278 g/mol. The third kappa shape index (κ3) is 6.17. The maximum atomic E-state index is 11.8. The fraction of sp³-hybridized carbons (Fsp3) is 0.562. The second-order valence-electron chi connectivity index (χ2n) is 5.85. The van der Waals surface area contributed by atoms with Crippen molar-refractivity contribution in [3.05, 3.63) is 29.8 Å². The van der Waals surface area contributed by atoms with E-state index in [2.05, 4.69) is 30.5 Å². The molecule has 0 heterocycles. The average Bonchev–Trinajstić information content (AvgIpc) is 2.36. The van der Waals surface area contributed by atoms with E-state index in [9.17, 15) is 4.79 Å². The van der Waals surface area contributed by atoms with E-state index in [0.717, 1.165) is 17.8 Å². The molecule has 4 heteroatoms. The van der Waals surface area contributed by atoms with Crippen LogP contribution in [-0.4, -0.2) is 24.7 Å². The number of anilines is 1. The van der Waals surface area contributed by atoms with Crippen LogP contribution in [0.2, 0.25) is 0 Å². The first-order valence-corrected chi connectivity index (χ1v) is 7.09. The second-order valence-corrected chi connectivity index (χ2v) is 5.85. The van der Waals surface area contributed by atoms with Gasteiger partial charge in [0.1, 0.15) is 6.61 Å². The highest BCUT2D eigenvalue weighted by atomic mass is 16.5. The van der Waals surface area contributed by atoms with Gasteiger partial charge < -0.3 is 15.4 Å². The Kier molecular flexibility index (Phi) is 6.17. The number of rotatable bonds is 6. The Labute approximate surface area is 121 Å². The van der Waals surface area contributed by atoms with E-state index in [0.29, 0.717) is 0 Å². The van der Waals surface area contributed by atoms with E-state index in [1.54, 1.807) is 0 Å². The largest absolute Gasteiger partial charge is 0.366 e. The third-order valence-corrected chi connectivity index (χ3v) is 2.82. The van der Waals surface area contributed by atoms with Crippen LogP contribution in [0, 0.1) is 0 Å². The summed E-state index contributed by atoms with van der Waals surface area (Å²) in [6.45, 7) is 10.9. The van der Waals surface area contributed by atoms with Crippen molar-refractivity contribution >= 4 is 11.6 Å². The maximum absolute atomic E-state index is 11.8. The molecule has 0 radical (unpaired) electrons. The van der Waals surface area contributed by atoms with E-state index in [1.807, 2.05) is 39.0 Å². The van der Waals surface area contributed by atoms with Crippen molar-refractivity contribution in [3.63, 3.8) is 0 Å². The quantitative estimate of drug-likeness (QED) is 0.840. The molecular formula is C16H26N2O2. The lowest BCUT2D eigenvalue weighted by Crippen LogP contribution is -2.27. The highest BCUT2D eigenvalue weighted by molar-refractivity contribution is 5.91. The molecule has 0 saturated carbocycles. The molecule has 112 valence electrons. The van der Waals surface area contributed by atoms with Crippen molar-refractivity contribution in [1.29, 1.82) is 0 Å². The lowest BCUT2D eigenvalue weighted by Gasteiger charge is -2.19. The van der Waals surface area contributed by atoms with Gasteiger partial charge in [-0.15, -0.1) is 0 Å². The molecule has 0 aliphatic carbocycles. The molecule has 1 unspecified atom stereocenters. The fourth-order valence-electron chi connectivity index (χ4n) is 1.79. The van der Waals surface area contributed by atoms with Gasteiger partial charge >= 0.3 is 0 Å². The van der Waals surface area contributed by atoms with Gasteiger partial charge in [-0.2, -0.15) is 0 Å². The molecule has 0 aliphatic rings. The first-order valence-electron chi connectivity index (χ1n) is 7.09. The number of hydrogen-bond acceptors (Lipinski definition) is 3. The Balaban J connectivity index is 2.59. The lowest BCUT2D eigenvalue weighted by molar-refractivity contribution is -0.125. The fourth-order valence-corrected chi connectivity index (χ4v) is 1.79. The summed E-state index contributed by atoms with van der Waals surface area (Å²) < 4.78 is 5.46. The Hall–Kier alpha value is -1.39. The van der Waals surface area contributed by atoms with Gasteiger partial charge in [0.2, 0.25) is 5.91 Å². The molecule has 20 heavy (non-hydrogen) atoms. The number of ether oxygens (including phenoxy) is 1. The molecular weight excluding hydrogens is 252 g/mol. The van der Waals surface area contributed by atoms with Crippen LogP contribution >= 0.6 is 0 Å². The first-order chi connectivity index (χ1) is 9.31. The van der Waals surface area contributed by atoms with Crippen molar-refractivity contribution < 1.29 is 9.53 Å². The maximum Gasteiger partial charge on any atom is 0.250 e. The van der Waals surface area contributed by atoms with Crippen molar-refractivity contribution in [3.8, 4) is 0 Å². The van der Waals surface area contributed by atoms with E-state index < -0.39 is 0 Å². The zero-order valence-corrected chi connectivity index (χ0v) is 13.1. The van der Waals surface area contributed by atoms with E-state index in [4.69, 9.17) is 4.74 Å². The van der Waals surface area contributed by atoms with Gasteiger partial charge in [0, 0.05) is 11.7 Å². The zero-order valence-electron chi connectivity index (χ0n) is 13.1. The molecule has 1 aromatic carbocycles. The van der Waals surface area contributed by atoms with Gasteiger partial charge in [0.25, 0.3) is 0 Å². The summed E-state index contributed by atoms with van der Waals surface area (Å²) in [7, 11) is 0. The number of carbonyl (C=O) groups is 1. The van der Waals surface area contributed by atoms with Gasteiger partial charge in [0.15, 0.2) is 0 Å². The van der Waals surface area contributed by atoms with Crippen LogP contribution in [0.1, 0.15) is 46.2 Å². The first kappa shape index (κ1) is 16.7. The van der Waals surface area contributed by atoms with Crippen LogP contribution in [0.4, 0.5) is 5.69 Å². The minimum atomic E-state index is -0.307. The van der Waals surface area contributed by atoms with Gasteiger partial charge in [-0.25, -0.2) is 0 Å². The van der Waals surface area contributed by atoms with Gasteiger partial charge in [-0.3, -0.25) is 4.79 Å². The number of benzene rings is 1. The second kappa shape index (κ2) is 7.41. The molecule has 1 atom stereocenters. The summed E-state index contributed by atoms with van der Waals surface area (Å²) >= 11 is 0. The van der Waals surface area contributed by atoms with Crippen LogP contribution in [0.15, 0.2) is 24.3 Å². The van der Waals surface area contributed by atoms with Crippen LogP contribution in [-0.2, 0) is 9.53 Å². The summed E-state index contributed by atoms with van der Waals surface area (Å²) in [6, 6.07) is 8.14. The predicted octanol–water partition coefficient (Wildman–Crippen LogP) is 3.11. The summed E-state index contributed by atoms with van der Waals surface area (Å²) in [5, 5.41) is 6.21. The Morgan fingerprint density at radius 2 is 2.05 bits per heavy atom. The summed E-state index contributed by atoms with van der Waals surface area (Å²) in [4.78, 5) is 11.8. The smallest absolute Gasteiger partial charge is 0.250 e. The molecule has 1 rings (SSSR count). The lowest BCUT2D eigenvalue weighted by atomic mass is 10.1.